The minimum atomic E-state index is -3.85. The lowest BCUT2D eigenvalue weighted by Gasteiger charge is -2.08. The van der Waals surface area contributed by atoms with Crippen molar-refractivity contribution in [3.05, 3.63) is 86.6 Å². The molecule has 0 spiro atoms. The van der Waals surface area contributed by atoms with Gasteiger partial charge >= 0.3 is 0 Å². The van der Waals surface area contributed by atoms with Crippen LogP contribution in [0.2, 0.25) is 0 Å². The van der Waals surface area contributed by atoms with Crippen LogP contribution in [0.15, 0.2) is 70.9 Å². The van der Waals surface area contributed by atoms with Crippen LogP contribution < -0.4 is 4.72 Å². The SMILES string of the molecule is O=[N+]([O-])c1ccc(S(=O)(=O)Nc2cccc(C#Cc3cccs3)c2)cc1. The maximum absolute atomic E-state index is 12.4. The van der Waals surface area contributed by atoms with Crippen LogP contribution in [0, 0.1) is 22.0 Å². The molecular weight excluding hydrogens is 372 g/mol. The third kappa shape index (κ3) is 4.27. The Bertz CT molecular complexity index is 1090. The molecule has 0 saturated heterocycles. The number of non-ortho nitro benzene ring substituents is 1. The van der Waals surface area contributed by atoms with Crippen molar-refractivity contribution in [3.8, 4) is 11.8 Å². The summed E-state index contributed by atoms with van der Waals surface area (Å²) in [6, 6.07) is 15.2. The van der Waals surface area contributed by atoms with Crippen LogP contribution >= 0.6 is 11.3 Å². The van der Waals surface area contributed by atoms with Crippen LogP contribution in [0.3, 0.4) is 0 Å². The third-order valence-electron chi connectivity index (χ3n) is 3.32. The predicted molar refractivity (Wildman–Crippen MR) is 101 cm³/mol. The minimum absolute atomic E-state index is 0.0572. The maximum atomic E-state index is 12.4. The first-order valence-electron chi connectivity index (χ1n) is 7.37. The number of benzene rings is 2. The Morgan fingerprint density at radius 3 is 2.42 bits per heavy atom. The number of nitrogens with zero attached hydrogens (tertiary/aromatic N) is 1. The van der Waals surface area contributed by atoms with Crippen molar-refractivity contribution in [1.29, 1.82) is 0 Å². The fraction of sp³-hybridized carbons (Fsp3) is 0. The van der Waals surface area contributed by atoms with E-state index in [2.05, 4.69) is 16.6 Å². The second-order valence-electron chi connectivity index (χ2n) is 5.16. The van der Waals surface area contributed by atoms with Gasteiger partial charge in [0.2, 0.25) is 0 Å². The van der Waals surface area contributed by atoms with Crippen LogP contribution in [0.1, 0.15) is 10.4 Å². The standard InChI is InChI=1S/C18H12N2O4S2/c21-20(22)16-7-10-18(11-8-16)26(23,24)19-15-4-1-3-14(13-15)6-9-17-5-2-12-25-17/h1-5,7-8,10-13,19H. The highest BCUT2D eigenvalue weighted by atomic mass is 32.2. The molecule has 0 unspecified atom stereocenters. The van der Waals surface area contributed by atoms with Gasteiger partial charge in [-0.3, -0.25) is 14.8 Å². The molecule has 130 valence electrons. The van der Waals surface area contributed by atoms with Crippen LogP contribution in [-0.4, -0.2) is 13.3 Å². The first-order chi connectivity index (χ1) is 12.4. The molecule has 0 atom stereocenters. The minimum Gasteiger partial charge on any atom is -0.280 e. The number of nitrogens with one attached hydrogen (secondary N) is 1. The van der Waals surface area contributed by atoms with Crippen molar-refractivity contribution < 1.29 is 13.3 Å². The average molecular weight is 384 g/mol. The number of anilines is 1. The number of hydrogen-bond donors (Lipinski definition) is 1. The molecule has 0 aliphatic carbocycles. The first kappa shape index (κ1) is 17.7. The number of sulfonamides is 1. The van der Waals surface area contributed by atoms with Gasteiger partial charge in [0.25, 0.3) is 15.7 Å². The zero-order valence-corrected chi connectivity index (χ0v) is 14.9. The number of thiophene rings is 1. The Balaban J connectivity index is 1.81. The smallest absolute Gasteiger partial charge is 0.269 e. The summed E-state index contributed by atoms with van der Waals surface area (Å²) in [5.41, 5.74) is 0.860. The molecular formula is C18H12N2O4S2. The Kier molecular flexibility index (Phi) is 5.02. The summed E-state index contributed by atoms with van der Waals surface area (Å²) >= 11 is 1.52. The van der Waals surface area contributed by atoms with Crippen molar-refractivity contribution in [2.75, 3.05) is 4.72 Å². The van der Waals surface area contributed by atoms with Gasteiger partial charge in [-0.15, -0.1) is 11.3 Å². The monoisotopic (exact) mass is 384 g/mol. The zero-order chi connectivity index (χ0) is 18.6. The van der Waals surface area contributed by atoms with E-state index < -0.39 is 14.9 Å². The largest absolute Gasteiger partial charge is 0.280 e. The van der Waals surface area contributed by atoms with Gasteiger partial charge in [0.1, 0.15) is 0 Å². The molecule has 6 nitrogen and oxygen atoms in total. The molecule has 0 aliphatic rings. The van der Waals surface area contributed by atoms with Gasteiger partial charge in [0.15, 0.2) is 0 Å². The van der Waals surface area contributed by atoms with E-state index >= 15 is 0 Å². The molecule has 0 aliphatic heterocycles. The summed E-state index contributed by atoms with van der Waals surface area (Å²) in [5, 5.41) is 12.6. The molecule has 1 heterocycles. The molecule has 0 radical (unpaired) electrons. The van der Waals surface area contributed by atoms with Crippen LogP contribution in [0.25, 0.3) is 0 Å². The highest BCUT2D eigenvalue weighted by Crippen LogP contribution is 2.20. The molecule has 0 bridgehead atoms. The van der Waals surface area contributed by atoms with Gasteiger partial charge < -0.3 is 0 Å². The molecule has 26 heavy (non-hydrogen) atoms. The van der Waals surface area contributed by atoms with E-state index in [1.807, 2.05) is 17.5 Å². The third-order valence-corrected chi connectivity index (χ3v) is 5.51. The summed E-state index contributed by atoms with van der Waals surface area (Å²) in [6.07, 6.45) is 0. The predicted octanol–water partition coefficient (Wildman–Crippen LogP) is 3.86. The normalized spacial score (nSPS) is 10.6. The number of nitro benzene ring substituents is 1. The highest BCUT2D eigenvalue weighted by molar-refractivity contribution is 7.92. The summed E-state index contributed by atoms with van der Waals surface area (Å²) < 4.78 is 27.3. The molecule has 8 heteroatoms. The molecule has 2 aromatic carbocycles. The Morgan fingerprint density at radius 2 is 1.77 bits per heavy atom. The Morgan fingerprint density at radius 1 is 1.00 bits per heavy atom. The van der Waals surface area contributed by atoms with Crippen molar-refractivity contribution >= 4 is 32.7 Å². The fourth-order valence-corrected chi connectivity index (χ4v) is 3.73. The van der Waals surface area contributed by atoms with E-state index in [-0.39, 0.29) is 10.6 Å². The average Bonchev–Trinajstić information content (AvgIpc) is 3.13. The number of hydrogen-bond acceptors (Lipinski definition) is 5. The van der Waals surface area contributed by atoms with Crippen molar-refractivity contribution in [1.82, 2.24) is 0 Å². The lowest BCUT2D eigenvalue weighted by molar-refractivity contribution is -0.384. The topological polar surface area (TPSA) is 89.3 Å². The van der Waals surface area contributed by atoms with Crippen molar-refractivity contribution in [2.24, 2.45) is 0 Å². The summed E-state index contributed by atoms with van der Waals surface area (Å²) in [7, 11) is -3.85. The lowest BCUT2D eigenvalue weighted by atomic mass is 10.2. The van der Waals surface area contributed by atoms with Gasteiger partial charge in [0, 0.05) is 17.7 Å². The molecule has 1 N–H and O–H groups in total. The van der Waals surface area contributed by atoms with E-state index in [0.717, 1.165) is 17.0 Å². The van der Waals surface area contributed by atoms with Gasteiger partial charge in [-0.1, -0.05) is 24.0 Å². The summed E-state index contributed by atoms with van der Waals surface area (Å²) in [5.74, 6) is 5.99. The molecule has 3 aromatic rings. The van der Waals surface area contributed by atoms with Crippen LogP contribution in [-0.2, 0) is 10.0 Å². The van der Waals surface area contributed by atoms with Crippen molar-refractivity contribution in [2.45, 2.75) is 4.90 Å². The molecule has 0 fully saturated rings. The van der Waals surface area contributed by atoms with E-state index in [0.29, 0.717) is 11.3 Å². The lowest BCUT2D eigenvalue weighted by Crippen LogP contribution is -2.13. The van der Waals surface area contributed by atoms with Gasteiger partial charge in [-0.25, -0.2) is 8.42 Å². The van der Waals surface area contributed by atoms with Gasteiger partial charge in [0.05, 0.1) is 20.4 Å². The Labute approximate surface area is 154 Å². The number of rotatable bonds is 4. The second kappa shape index (κ2) is 7.39. The molecule has 0 amide bonds. The van der Waals surface area contributed by atoms with Gasteiger partial charge in [-0.2, -0.15) is 0 Å². The summed E-state index contributed by atoms with van der Waals surface area (Å²) in [6.45, 7) is 0. The highest BCUT2D eigenvalue weighted by Gasteiger charge is 2.16. The molecule has 1 aromatic heterocycles. The number of nitro groups is 1. The van der Waals surface area contributed by atoms with E-state index in [9.17, 15) is 18.5 Å². The molecule has 0 saturated carbocycles. The quantitative estimate of drug-likeness (QED) is 0.420. The maximum Gasteiger partial charge on any atom is 0.269 e. The van der Waals surface area contributed by atoms with Gasteiger partial charge in [-0.05, 0) is 41.8 Å². The van der Waals surface area contributed by atoms with E-state index in [4.69, 9.17) is 0 Å². The van der Waals surface area contributed by atoms with Crippen LogP contribution in [0.4, 0.5) is 11.4 Å². The molecule has 3 rings (SSSR count). The fourth-order valence-electron chi connectivity index (χ4n) is 2.10. The van der Waals surface area contributed by atoms with Crippen molar-refractivity contribution in [3.63, 3.8) is 0 Å². The summed E-state index contributed by atoms with van der Waals surface area (Å²) in [4.78, 5) is 10.9. The van der Waals surface area contributed by atoms with E-state index in [1.165, 1.54) is 23.5 Å². The zero-order valence-electron chi connectivity index (χ0n) is 13.2. The first-order valence-corrected chi connectivity index (χ1v) is 9.73. The second-order valence-corrected chi connectivity index (χ2v) is 7.79. The van der Waals surface area contributed by atoms with E-state index in [1.54, 1.807) is 24.3 Å². The Hall–Kier alpha value is -3.15. The van der Waals surface area contributed by atoms with Crippen LogP contribution in [0.5, 0.6) is 0 Å².